The molecular weight excluding hydrogens is 300 g/mol. The third-order valence-electron chi connectivity index (χ3n) is 5.00. The van der Waals surface area contributed by atoms with Crippen molar-refractivity contribution < 1.29 is 4.79 Å². The van der Waals surface area contributed by atoms with Crippen LogP contribution in [0, 0.1) is 0 Å². The van der Waals surface area contributed by atoms with Gasteiger partial charge in [0.25, 0.3) is 0 Å². The second-order valence-corrected chi connectivity index (χ2v) is 6.48. The smallest absolute Gasteiger partial charge is 0.230 e. The van der Waals surface area contributed by atoms with E-state index >= 15 is 0 Å². The minimum Gasteiger partial charge on any atom is -0.335 e. The fourth-order valence-electron chi connectivity index (χ4n) is 3.88. The number of likely N-dealkylation sites (N-methyl/N-ethyl adjacent to an activating group) is 1. The van der Waals surface area contributed by atoms with Crippen molar-refractivity contribution in [2.45, 2.75) is 51.5 Å². The van der Waals surface area contributed by atoms with Gasteiger partial charge in [-0.25, -0.2) is 0 Å². The summed E-state index contributed by atoms with van der Waals surface area (Å²) in [6.07, 6.45) is 9.46. The number of carbonyl (C=O) groups is 1. The van der Waals surface area contributed by atoms with Crippen LogP contribution in [-0.4, -0.2) is 32.1 Å². The predicted octanol–water partition coefficient (Wildman–Crippen LogP) is 3.23. The first-order valence-electron chi connectivity index (χ1n) is 8.88. The fourth-order valence-corrected chi connectivity index (χ4v) is 3.88. The summed E-state index contributed by atoms with van der Waals surface area (Å²) in [4.78, 5) is 19.5. The standard InChI is InChI=1S/C19H26N4O/c1-4-18(14-9-11-20-12-10-14)23(5-2)19(24)15-7-6-8-17-16(15)13-22(3)21-17/h9-13,15,18H,4-8H2,1-3H3. The molecule has 2 aromatic rings. The van der Waals surface area contributed by atoms with Crippen LogP contribution in [0.25, 0.3) is 0 Å². The number of amides is 1. The monoisotopic (exact) mass is 326 g/mol. The summed E-state index contributed by atoms with van der Waals surface area (Å²) in [5.74, 6) is 0.174. The summed E-state index contributed by atoms with van der Waals surface area (Å²) < 4.78 is 1.84. The zero-order valence-electron chi connectivity index (χ0n) is 14.8. The van der Waals surface area contributed by atoms with Gasteiger partial charge in [-0.05, 0) is 50.3 Å². The number of rotatable bonds is 5. The van der Waals surface area contributed by atoms with E-state index in [0.717, 1.165) is 42.5 Å². The molecule has 0 bridgehead atoms. The maximum absolute atomic E-state index is 13.3. The van der Waals surface area contributed by atoms with Crippen molar-refractivity contribution in [3.05, 3.63) is 47.5 Å². The summed E-state index contributed by atoms with van der Waals surface area (Å²) in [6.45, 7) is 4.91. The van der Waals surface area contributed by atoms with E-state index in [1.54, 1.807) is 12.4 Å². The van der Waals surface area contributed by atoms with Gasteiger partial charge in [0, 0.05) is 37.7 Å². The number of hydrogen-bond donors (Lipinski definition) is 0. The first-order valence-corrected chi connectivity index (χ1v) is 8.88. The van der Waals surface area contributed by atoms with Crippen molar-refractivity contribution in [3.63, 3.8) is 0 Å². The molecule has 0 N–H and O–H groups in total. The van der Waals surface area contributed by atoms with Gasteiger partial charge >= 0.3 is 0 Å². The predicted molar refractivity (Wildman–Crippen MR) is 93.5 cm³/mol. The first kappa shape index (κ1) is 16.7. The number of aromatic nitrogens is 3. The van der Waals surface area contributed by atoms with Crippen LogP contribution in [0.2, 0.25) is 0 Å². The van der Waals surface area contributed by atoms with Crippen LogP contribution in [0.4, 0.5) is 0 Å². The molecule has 5 heteroatoms. The normalized spacial score (nSPS) is 18.0. The Morgan fingerprint density at radius 2 is 2.12 bits per heavy atom. The Hall–Kier alpha value is -2.17. The minimum absolute atomic E-state index is 0.0571. The van der Waals surface area contributed by atoms with Gasteiger partial charge in [-0.3, -0.25) is 14.5 Å². The fraction of sp³-hybridized carbons (Fsp3) is 0.526. The lowest BCUT2D eigenvalue weighted by Gasteiger charge is -2.34. The second kappa shape index (κ2) is 7.16. The molecule has 1 aliphatic carbocycles. The van der Waals surface area contributed by atoms with Crippen molar-refractivity contribution in [1.29, 1.82) is 0 Å². The number of nitrogens with zero attached hydrogens (tertiary/aromatic N) is 4. The zero-order valence-corrected chi connectivity index (χ0v) is 14.8. The molecule has 1 amide bonds. The number of aryl methyl sites for hydroxylation is 2. The molecule has 2 aromatic heterocycles. The van der Waals surface area contributed by atoms with E-state index in [9.17, 15) is 4.79 Å². The van der Waals surface area contributed by atoms with Crippen LogP contribution < -0.4 is 0 Å². The van der Waals surface area contributed by atoms with Gasteiger partial charge in [-0.1, -0.05) is 6.92 Å². The molecular formula is C19H26N4O. The van der Waals surface area contributed by atoms with E-state index in [4.69, 9.17) is 0 Å². The zero-order chi connectivity index (χ0) is 17.1. The second-order valence-electron chi connectivity index (χ2n) is 6.48. The highest BCUT2D eigenvalue weighted by Crippen LogP contribution is 2.35. The van der Waals surface area contributed by atoms with Crippen molar-refractivity contribution in [2.24, 2.45) is 7.05 Å². The third-order valence-corrected chi connectivity index (χ3v) is 5.00. The molecule has 3 rings (SSSR count). The van der Waals surface area contributed by atoms with Gasteiger partial charge < -0.3 is 4.90 Å². The summed E-state index contributed by atoms with van der Waals surface area (Å²) >= 11 is 0. The number of carbonyl (C=O) groups excluding carboxylic acids is 1. The quantitative estimate of drug-likeness (QED) is 0.847. The molecule has 0 saturated carbocycles. The van der Waals surface area contributed by atoms with Gasteiger partial charge in [0.2, 0.25) is 5.91 Å². The summed E-state index contributed by atoms with van der Waals surface area (Å²) in [6, 6.07) is 4.13. The molecule has 0 aliphatic heterocycles. The van der Waals surface area contributed by atoms with Crippen molar-refractivity contribution in [3.8, 4) is 0 Å². The summed E-state index contributed by atoms with van der Waals surface area (Å²) in [5.41, 5.74) is 3.37. The Morgan fingerprint density at radius 1 is 1.38 bits per heavy atom. The number of fused-ring (bicyclic) bond motifs is 1. The molecule has 2 atom stereocenters. The molecule has 1 aliphatic rings. The lowest BCUT2D eigenvalue weighted by atomic mass is 9.85. The molecule has 2 unspecified atom stereocenters. The molecule has 0 spiro atoms. The lowest BCUT2D eigenvalue weighted by Crippen LogP contribution is -2.38. The van der Waals surface area contributed by atoms with E-state index in [2.05, 4.69) is 23.9 Å². The molecule has 5 nitrogen and oxygen atoms in total. The van der Waals surface area contributed by atoms with E-state index in [1.807, 2.05) is 35.0 Å². The molecule has 0 radical (unpaired) electrons. The van der Waals surface area contributed by atoms with Crippen LogP contribution in [0.5, 0.6) is 0 Å². The highest BCUT2D eigenvalue weighted by molar-refractivity contribution is 5.84. The average molecular weight is 326 g/mol. The van der Waals surface area contributed by atoms with E-state index in [0.29, 0.717) is 6.54 Å². The van der Waals surface area contributed by atoms with E-state index in [1.165, 1.54) is 0 Å². The highest BCUT2D eigenvalue weighted by atomic mass is 16.2. The molecule has 2 heterocycles. The Labute approximate surface area is 143 Å². The van der Waals surface area contributed by atoms with Crippen LogP contribution in [0.15, 0.2) is 30.7 Å². The van der Waals surface area contributed by atoms with Gasteiger partial charge in [0.05, 0.1) is 17.7 Å². The third kappa shape index (κ3) is 3.07. The van der Waals surface area contributed by atoms with Gasteiger partial charge in [0.1, 0.15) is 0 Å². The maximum Gasteiger partial charge on any atom is 0.230 e. The largest absolute Gasteiger partial charge is 0.335 e. The van der Waals surface area contributed by atoms with Crippen LogP contribution in [0.3, 0.4) is 0 Å². The topological polar surface area (TPSA) is 51.0 Å². The number of pyridine rings is 1. The Bertz CT molecular complexity index is 695. The summed E-state index contributed by atoms with van der Waals surface area (Å²) in [5, 5.41) is 4.53. The van der Waals surface area contributed by atoms with Gasteiger partial charge in [-0.2, -0.15) is 5.10 Å². The van der Waals surface area contributed by atoms with Crippen LogP contribution >= 0.6 is 0 Å². The first-order chi connectivity index (χ1) is 11.7. The van der Waals surface area contributed by atoms with Crippen molar-refractivity contribution in [2.75, 3.05) is 6.54 Å². The van der Waals surface area contributed by atoms with E-state index in [-0.39, 0.29) is 17.9 Å². The summed E-state index contributed by atoms with van der Waals surface area (Å²) in [7, 11) is 1.93. The lowest BCUT2D eigenvalue weighted by molar-refractivity contribution is -0.135. The van der Waals surface area contributed by atoms with Crippen LogP contribution in [0.1, 0.15) is 61.9 Å². The van der Waals surface area contributed by atoms with Crippen LogP contribution in [-0.2, 0) is 18.3 Å². The number of hydrogen-bond acceptors (Lipinski definition) is 3. The van der Waals surface area contributed by atoms with Crippen molar-refractivity contribution in [1.82, 2.24) is 19.7 Å². The average Bonchev–Trinajstić information content (AvgIpc) is 2.99. The van der Waals surface area contributed by atoms with Gasteiger partial charge in [0.15, 0.2) is 0 Å². The Kier molecular flexibility index (Phi) is 4.97. The Balaban J connectivity index is 1.89. The SMILES string of the molecule is CCC(c1ccncc1)N(CC)C(=O)C1CCCc2nn(C)cc21. The van der Waals surface area contributed by atoms with E-state index < -0.39 is 0 Å². The molecule has 128 valence electrons. The molecule has 24 heavy (non-hydrogen) atoms. The molecule has 0 saturated heterocycles. The van der Waals surface area contributed by atoms with Crippen molar-refractivity contribution >= 4 is 5.91 Å². The minimum atomic E-state index is -0.0571. The van der Waals surface area contributed by atoms with Gasteiger partial charge in [-0.15, -0.1) is 0 Å². The maximum atomic E-state index is 13.3. The Morgan fingerprint density at radius 3 is 2.79 bits per heavy atom. The molecule has 0 aromatic carbocycles. The molecule has 0 fully saturated rings. The highest BCUT2D eigenvalue weighted by Gasteiger charge is 2.34.